The minimum absolute atomic E-state index is 0.149. The summed E-state index contributed by atoms with van der Waals surface area (Å²) in [5, 5.41) is 0. The maximum absolute atomic E-state index is 12.4. The molecule has 2 nitrogen and oxygen atoms in total. The Morgan fingerprint density at radius 2 is 2.11 bits per heavy atom. The van der Waals surface area contributed by atoms with Gasteiger partial charge < -0.3 is 4.90 Å². The van der Waals surface area contributed by atoms with Crippen LogP contribution in [0.3, 0.4) is 0 Å². The van der Waals surface area contributed by atoms with E-state index < -0.39 is 0 Å². The van der Waals surface area contributed by atoms with E-state index in [0.717, 1.165) is 32.6 Å². The van der Waals surface area contributed by atoms with Crippen LogP contribution in [0.25, 0.3) is 0 Å². The van der Waals surface area contributed by atoms with Gasteiger partial charge in [0.2, 0.25) is 0 Å². The molecular weight excluding hydrogens is 378 g/mol. The zero-order valence-corrected chi connectivity index (χ0v) is 14.8. The fourth-order valence-corrected chi connectivity index (χ4v) is 5.09. The number of hydrogen-bond donors (Lipinski definition) is 0. The highest BCUT2D eigenvalue weighted by Gasteiger charge is 2.34. The predicted molar refractivity (Wildman–Crippen MR) is 83.2 cm³/mol. The molecule has 0 aliphatic carbocycles. The summed E-state index contributed by atoms with van der Waals surface area (Å²) >= 11 is 8.43. The maximum atomic E-state index is 12.4. The first-order valence-electron chi connectivity index (χ1n) is 6.03. The van der Waals surface area contributed by atoms with Crippen LogP contribution >= 0.6 is 43.2 Å². The van der Waals surface area contributed by atoms with E-state index in [2.05, 4.69) is 52.6 Å². The number of nitrogens with zero attached hydrogens (tertiary/aromatic N) is 1. The number of hydrogen-bond acceptors (Lipinski definition) is 2. The average Bonchev–Trinajstić information content (AvgIpc) is 2.83. The van der Waals surface area contributed by atoms with Gasteiger partial charge in [-0.3, -0.25) is 4.79 Å². The number of thiophene rings is 1. The quantitative estimate of drug-likeness (QED) is 0.670. The van der Waals surface area contributed by atoms with Gasteiger partial charge in [-0.2, -0.15) is 0 Å². The lowest BCUT2D eigenvalue weighted by Gasteiger charge is -2.26. The van der Waals surface area contributed by atoms with Crippen LogP contribution in [0.15, 0.2) is 13.6 Å². The van der Waals surface area contributed by atoms with E-state index in [1.54, 1.807) is 11.3 Å². The van der Waals surface area contributed by atoms with Crippen molar-refractivity contribution in [2.75, 3.05) is 13.1 Å². The highest BCUT2D eigenvalue weighted by Crippen LogP contribution is 2.36. The molecule has 0 N–H and O–H groups in total. The van der Waals surface area contributed by atoms with Crippen molar-refractivity contribution in [3.05, 3.63) is 19.2 Å². The lowest BCUT2D eigenvalue weighted by molar-refractivity contribution is 0.0776. The normalized spacial score (nSPS) is 20.5. The van der Waals surface area contributed by atoms with Gasteiger partial charge in [0.15, 0.2) is 0 Å². The minimum atomic E-state index is 0.149. The number of carbonyl (C=O) groups is 1. The molecule has 0 aromatic carbocycles. The monoisotopic (exact) mass is 393 g/mol. The minimum Gasteiger partial charge on any atom is -0.338 e. The zero-order valence-electron chi connectivity index (χ0n) is 10.8. The van der Waals surface area contributed by atoms with Gasteiger partial charge >= 0.3 is 0 Å². The molecule has 1 aliphatic rings. The van der Waals surface area contributed by atoms with Gasteiger partial charge in [-0.1, -0.05) is 20.8 Å². The first-order chi connectivity index (χ1) is 8.29. The molecule has 1 aliphatic heterocycles. The Morgan fingerprint density at radius 1 is 1.44 bits per heavy atom. The molecule has 1 aromatic rings. The van der Waals surface area contributed by atoms with Crippen LogP contribution in [0, 0.1) is 11.3 Å². The molecule has 5 heteroatoms. The largest absolute Gasteiger partial charge is 0.338 e. The highest BCUT2D eigenvalue weighted by molar-refractivity contribution is 9.12. The van der Waals surface area contributed by atoms with Crippen molar-refractivity contribution in [1.82, 2.24) is 4.90 Å². The van der Waals surface area contributed by atoms with E-state index in [-0.39, 0.29) is 11.3 Å². The molecule has 1 amide bonds. The Balaban J connectivity index is 2.11. The molecule has 1 saturated heterocycles. The third-order valence-corrected chi connectivity index (χ3v) is 5.93. The number of rotatable bonds is 1. The van der Waals surface area contributed by atoms with Crippen molar-refractivity contribution in [2.45, 2.75) is 27.2 Å². The molecule has 1 unspecified atom stereocenters. The Labute approximate surface area is 129 Å². The first-order valence-corrected chi connectivity index (χ1v) is 8.43. The van der Waals surface area contributed by atoms with E-state index in [9.17, 15) is 4.79 Å². The van der Waals surface area contributed by atoms with E-state index in [0.29, 0.717) is 5.92 Å². The molecule has 1 fully saturated rings. The van der Waals surface area contributed by atoms with Crippen molar-refractivity contribution in [3.63, 3.8) is 0 Å². The molecule has 18 heavy (non-hydrogen) atoms. The number of likely N-dealkylation sites (tertiary alicyclic amines) is 1. The average molecular weight is 395 g/mol. The molecule has 2 heterocycles. The van der Waals surface area contributed by atoms with Gasteiger partial charge in [0, 0.05) is 13.1 Å². The van der Waals surface area contributed by atoms with Crippen LogP contribution in [0.2, 0.25) is 0 Å². The molecule has 1 aromatic heterocycles. The SMILES string of the molecule is CC(C)(C)C1CCN(C(=O)c2cc(Br)sc2Br)C1. The van der Waals surface area contributed by atoms with Crippen LogP contribution in [0.5, 0.6) is 0 Å². The van der Waals surface area contributed by atoms with Gasteiger partial charge in [0.1, 0.15) is 0 Å². The smallest absolute Gasteiger partial charge is 0.255 e. The third-order valence-electron chi connectivity index (χ3n) is 3.59. The summed E-state index contributed by atoms with van der Waals surface area (Å²) in [6.07, 6.45) is 1.11. The molecule has 2 rings (SSSR count). The molecule has 0 radical (unpaired) electrons. The lowest BCUT2D eigenvalue weighted by atomic mass is 9.80. The van der Waals surface area contributed by atoms with E-state index in [1.807, 2.05) is 11.0 Å². The second-order valence-corrected chi connectivity index (χ2v) is 9.59. The summed E-state index contributed by atoms with van der Waals surface area (Å²) in [6.45, 7) is 8.51. The van der Waals surface area contributed by atoms with Crippen LogP contribution in [0.4, 0.5) is 0 Å². The van der Waals surface area contributed by atoms with E-state index in [1.165, 1.54) is 0 Å². The molecule has 1 atom stereocenters. The second kappa shape index (κ2) is 5.25. The Bertz CT molecular complexity index is 464. The van der Waals surface area contributed by atoms with Crippen molar-refractivity contribution in [2.24, 2.45) is 11.3 Å². The number of carbonyl (C=O) groups excluding carboxylic acids is 1. The van der Waals surface area contributed by atoms with E-state index in [4.69, 9.17) is 0 Å². The first kappa shape index (κ1) is 14.5. The Kier molecular flexibility index (Phi) is 4.24. The van der Waals surface area contributed by atoms with Crippen LogP contribution in [0.1, 0.15) is 37.6 Å². The van der Waals surface area contributed by atoms with Crippen molar-refractivity contribution in [3.8, 4) is 0 Å². The fourth-order valence-electron chi connectivity index (χ4n) is 2.31. The standard InChI is InChI=1S/C13H17Br2NOS/c1-13(2,3)8-4-5-16(7-8)12(17)9-6-10(14)18-11(9)15/h6,8H,4-5,7H2,1-3H3. The Morgan fingerprint density at radius 3 is 2.56 bits per heavy atom. The van der Waals surface area contributed by atoms with Crippen molar-refractivity contribution >= 4 is 49.1 Å². The van der Waals surface area contributed by atoms with Gasteiger partial charge in [0.05, 0.1) is 13.1 Å². The van der Waals surface area contributed by atoms with Gasteiger partial charge in [-0.25, -0.2) is 0 Å². The molecule has 100 valence electrons. The summed E-state index contributed by atoms with van der Waals surface area (Å²) in [5.74, 6) is 0.748. The van der Waals surface area contributed by atoms with Gasteiger partial charge in [0.25, 0.3) is 5.91 Å². The summed E-state index contributed by atoms with van der Waals surface area (Å²) in [6, 6.07) is 1.90. The van der Waals surface area contributed by atoms with Gasteiger partial charge in [-0.05, 0) is 55.7 Å². The van der Waals surface area contributed by atoms with Crippen molar-refractivity contribution in [1.29, 1.82) is 0 Å². The van der Waals surface area contributed by atoms with Gasteiger partial charge in [-0.15, -0.1) is 11.3 Å². The number of halogens is 2. The summed E-state index contributed by atoms with van der Waals surface area (Å²) < 4.78 is 1.91. The second-order valence-electron chi connectivity index (χ2n) is 5.84. The third kappa shape index (κ3) is 2.99. The predicted octanol–water partition coefficient (Wildman–Crippen LogP) is 4.78. The fraction of sp³-hybridized carbons (Fsp3) is 0.615. The lowest BCUT2D eigenvalue weighted by Crippen LogP contribution is -2.31. The van der Waals surface area contributed by atoms with Crippen LogP contribution in [-0.4, -0.2) is 23.9 Å². The van der Waals surface area contributed by atoms with Crippen molar-refractivity contribution < 1.29 is 4.79 Å². The van der Waals surface area contributed by atoms with E-state index >= 15 is 0 Å². The molecule has 0 spiro atoms. The summed E-state index contributed by atoms with van der Waals surface area (Å²) in [4.78, 5) is 14.4. The molecular formula is C13H17Br2NOS. The summed E-state index contributed by atoms with van der Waals surface area (Å²) in [7, 11) is 0. The highest BCUT2D eigenvalue weighted by atomic mass is 79.9. The Hall–Kier alpha value is 0.130. The topological polar surface area (TPSA) is 20.3 Å². The number of amides is 1. The molecule has 0 bridgehead atoms. The maximum Gasteiger partial charge on any atom is 0.255 e. The zero-order chi connectivity index (χ0) is 13.5. The van der Waals surface area contributed by atoms with Crippen LogP contribution in [-0.2, 0) is 0 Å². The molecule has 0 saturated carbocycles. The van der Waals surface area contributed by atoms with Crippen LogP contribution < -0.4 is 0 Å². The summed E-state index contributed by atoms with van der Waals surface area (Å²) in [5.41, 5.74) is 1.06.